The molecule has 13 heavy (non-hydrogen) atoms. The second-order valence-electron chi connectivity index (χ2n) is 2.67. The Morgan fingerprint density at radius 2 is 2.15 bits per heavy atom. The number of nitrogens with one attached hydrogen (secondary N) is 1. The Bertz CT molecular complexity index is 202. The van der Waals surface area contributed by atoms with E-state index < -0.39 is 12.0 Å². The number of carboxylic acid groups (broad SMARTS) is 1. The fourth-order valence-corrected chi connectivity index (χ4v) is 0.908. The molecule has 0 rings (SSSR count). The summed E-state index contributed by atoms with van der Waals surface area (Å²) in [4.78, 5) is 31.4. The first kappa shape index (κ1) is 11.6. The van der Waals surface area contributed by atoms with Gasteiger partial charge in [0.25, 0.3) is 0 Å². The van der Waals surface area contributed by atoms with Gasteiger partial charge in [0, 0.05) is 12.8 Å². The van der Waals surface area contributed by atoms with Gasteiger partial charge in [-0.3, -0.25) is 9.59 Å². The molecule has 0 aromatic heterocycles. The van der Waals surface area contributed by atoms with Gasteiger partial charge in [0.1, 0.15) is 11.8 Å². The molecule has 0 saturated carbocycles. The summed E-state index contributed by atoms with van der Waals surface area (Å²) in [7, 11) is 0. The highest BCUT2D eigenvalue weighted by Crippen LogP contribution is 1.99. The van der Waals surface area contributed by atoms with Crippen molar-refractivity contribution < 1.29 is 19.5 Å². The number of carbonyl (C=O) groups is 3. The van der Waals surface area contributed by atoms with Crippen LogP contribution in [-0.4, -0.2) is 29.3 Å². The number of hydrogen-bond acceptors (Lipinski definition) is 3. The molecule has 0 aliphatic rings. The molecule has 0 fully saturated rings. The lowest BCUT2D eigenvalue weighted by atomic mass is 10.1. The molecule has 0 aromatic carbocycles. The summed E-state index contributed by atoms with van der Waals surface area (Å²) < 4.78 is 0. The maximum absolute atomic E-state index is 11.0. The first-order valence-corrected chi connectivity index (χ1v) is 4.06. The Morgan fingerprint density at radius 1 is 1.54 bits per heavy atom. The van der Waals surface area contributed by atoms with E-state index >= 15 is 0 Å². The van der Waals surface area contributed by atoms with Gasteiger partial charge in [-0.05, 0) is 6.42 Å². The fraction of sp³-hybridized carbons (Fsp3) is 0.625. The van der Waals surface area contributed by atoms with Crippen molar-refractivity contribution in [2.75, 3.05) is 0 Å². The summed E-state index contributed by atoms with van der Waals surface area (Å²) >= 11 is 0. The maximum atomic E-state index is 11.0. The van der Waals surface area contributed by atoms with Crippen LogP contribution in [0.25, 0.3) is 0 Å². The Hall–Kier alpha value is -1.39. The van der Waals surface area contributed by atoms with Crippen molar-refractivity contribution in [2.45, 2.75) is 32.2 Å². The third-order valence-corrected chi connectivity index (χ3v) is 1.53. The average molecular weight is 187 g/mol. The van der Waals surface area contributed by atoms with Gasteiger partial charge in [0.05, 0.1) is 0 Å². The number of amides is 1. The largest absolute Gasteiger partial charge is 0.480 e. The van der Waals surface area contributed by atoms with Crippen LogP contribution >= 0.6 is 0 Å². The predicted molar refractivity (Wildman–Crippen MR) is 45.2 cm³/mol. The molecule has 0 bridgehead atoms. The number of hydrogen-bond donors (Lipinski definition) is 2. The lowest BCUT2D eigenvalue weighted by molar-refractivity contribution is -0.142. The molecule has 74 valence electrons. The Labute approximate surface area is 76.1 Å². The van der Waals surface area contributed by atoms with Gasteiger partial charge < -0.3 is 10.4 Å². The Kier molecular flexibility index (Phi) is 5.50. The summed E-state index contributed by atoms with van der Waals surface area (Å²) in [6.07, 6.45) is 1.19. The van der Waals surface area contributed by atoms with Crippen molar-refractivity contribution in [3.05, 3.63) is 0 Å². The molecule has 0 spiro atoms. The predicted octanol–water partition coefficient (Wildman–Crippen LogP) is -0.0551. The Balaban J connectivity index is 4.01. The minimum absolute atomic E-state index is 0.137. The molecule has 1 unspecified atom stereocenters. The number of rotatable bonds is 7. The average Bonchev–Trinajstić information content (AvgIpc) is 2.04. The normalized spacial score (nSPS) is 11.8. The highest BCUT2D eigenvalue weighted by Gasteiger charge is 2.19. The number of aliphatic carboxylic acids is 1. The van der Waals surface area contributed by atoms with Crippen molar-refractivity contribution in [3.8, 4) is 0 Å². The van der Waals surface area contributed by atoms with Crippen LogP contribution in [0.4, 0.5) is 0 Å². The third kappa shape index (κ3) is 4.95. The molecule has 5 heteroatoms. The van der Waals surface area contributed by atoms with E-state index in [1.165, 1.54) is 0 Å². The van der Waals surface area contributed by atoms with Crippen molar-refractivity contribution >= 4 is 18.2 Å². The number of carbonyl (C=O) groups excluding carboxylic acids is 2. The number of carboxylic acids is 1. The van der Waals surface area contributed by atoms with E-state index in [2.05, 4.69) is 5.32 Å². The minimum Gasteiger partial charge on any atom is -0.480 e. The molecular formula is C8H13NO4. The van der Waals surface area contributed by atoms with Crippen LogP contribution in [0.15, 0.2) is 0 Å². The summed E-state index contributed by atoms with van der Waals surface area (Å²) in [5.74, 6) is -1.33. The van der Waals surface area contributed by atoms with Crippen LogP contribution in [0, 0.1) is 0 Å². The van der Waals surface area contributed by atoms with Gasteiger partial charge in [0.15, 0.2) is 0 Å². The molecule has 0 aliphatic carbocycles. The molecule has 0 radical (unpaired) electrons. The van der Waals surface area contributed by atoms with Gasteiger partial charge in [-0.2, -0.15) is 0 Å². The van der Waals surface area contributed by atoms with Gasteiger partial charge in [-0.15, -0.1) is 0 Å². The summed E-state index contributed by atoms with van der Waals surface area (Å²) in [6, 6.07) is -1.09. The Morgan fingerprint density at radius 3 is 2.54 bits per heavy atom. The SMILES string of the molecule is CCCC(=O)CC(NC=O)C(=O)O. The second kappa shape index (κ2) is 6.16. The quantitative estimate of drug-likeness (QED) is 0.547. The van der Waals surface area contributed by atoms with Crippen LogP contribution in [0.5, 0.6) is 0 Å². The molecule has 0 heterocycles. The van der Waals surface area contributed by atoms with Crippen molar-refractivity contribution in [2.24, 2.45) is 0 Å². The maximum Gasteiger partial charge on any atom is 0.326 e. The second-order valence-corrected chi connectivity index (χ2v) is 2.67. The van der Waals surface area contributed by atoms with Crippen LogP contribution in [-0.2, 0) is 14.4 Å². The summed E-state index contributed by atoms with van der Waals surface area (Å²) in [6.45, 7) is 1.83. The highest BCUT2D eigenvalue weighted by molar-refractivity contribution is 5.86. The zero-order valence-electron chi connectivity index (χ0n) is 7.45. The van der Waals surface area contributed by atoms with E-state index in [-0.39, 0.29) is 18.6 Å². The number of ketones is 1. The van der Waals surface area contributed by atoms with E-state index in [4.69, 9.17) is 5.11 Å². The zero-order valence-corrected chi connectivity index (χ0v) is 7.45. The fourth-order valence-electron chi connectivity index (χ4n) is 0.908. The van der Waals surface area contributed by atoms with Gasteiger partial charge in [-0.25, -0.2) is 4.79 Å². The van der Waals surface area contributed by atoms with E-state index in [9.17, 15) is 14.4 Å². The van der Waals surface area contributed by atoms with E-state index in [0.717, 1.165) is 0 Å². The van der Waals surface area contributed by atoms with Crippen molar-refractivity contribution in [1.82, 2.24) is 5.32 Å². The monoisotopic (exact) mass is 187 g/mol. The van der Waals surface area contributed by atoms with Crippen LogP contribution in [0.2, 0.25) is 0 Å². The molecule has 1 amide bonds. The topological polar surface area (TPSA) is 83.5 Å². The van der Waals surface area contributed by atoms with Crippen LogP contribution in [0.1, 0.15) is 26.2 Å². The lowest BCUT2D eigenvalue weighted by Gasteiger charge is -2.08. The zero-order chi connectivity index (χ0) is 10.3. The molecular weight excluding hydrogens is 174 g/mol. The van der Waals surface area contributed by atoms with Crippen molar-refractivity contribution in [3.63, 3.8) is 0 Å². The summed E-state index contributed by atoms with van der Waals surface area (Å²) in [5.41, 5.74) is 0. The highest BCUT2D eigenvalue weighted by atomic mass is 16.4. The first-order valence-electron chi connectivity index (χ1n) is 4.06. The van der Waals surface area contributed by atoms with E-state index in [1.54, 1.807) is 0 Å². The van der Waals surface area contributed by atoms with Gasteiger partial charge in [-0.1, -0.05) is 6.92 Å². The molecule has 5 nitrogen and oxygen atoms in total. The van der Waals surface area contributed by atoms with Crippen molar-refractivity contribution in [1.29, 1.82) is 0 Å². The van der Waals surface area contributed by atoms with Crippen LogP contribution in [0.3, 0.4) is 0 Å². The summed E-state index contributed by atoms with van der Waals surface area (Å²) in [5, 5.41) is 10.6. The molecule has 0 aromatic rings. The number of Topliss-reactive ketones (excluding diaryl/α,β-unsaturated/α-hetero) is 1. The van der Waals surface area contributed by atoms with Gasteiger partial charge in [0.2, 0.25) is 6.41 Å². The molecule has 0 aliphatic heterocycles. The smallest absolute Gasteiger partial charge is 0.326 e. The lowest BCUT2D eigenvalue weighted by Crippen LogP contribution is -2.37. The standard InChI is InChI=1S/C8H13NO4/c1-2-3-6(11)4-7(8(12)13)9-5-10/h5,7H,2-4H2,1H3,(H,9,10)(H,12,13). The molecule has 2 N–H and O–H groups in total. The third-order valence-electron chi connectivity index (χ3n) is 1.53. The first-order chi connectivity index (χ1) is 6.11. The molecule has 1 atom stereocenters. The molecule has 0 saturated heterocycles. The minimum atomic E-state index is -1.18. The van der Waals surface area contributed by atoms with E-state index in [1.807, 2.05) is 6.92 Å². The van der Waals surface area contributed by atoms with Gasteiger partial charge >= 0.3 is 5.97 Å². The van der Waals surface area contributed by atoms with E-state index in [0.29, 0.717) is 12.8 Å². The van der Waals surface area contributed by atoms with Crippen LogP contribution < -0.4 is 5.32 Å².